The number of nitro benzene ring substituents is 1. The SMILES string of the molecule is O=C(NCCc1c[nH]c2ccccc12)c1ccc(N2CCOCC2)c([N+](=O)[O-])c1. The van der Waals surface area contributed by atoms with Gasteiger partial charge in [0.2, 0.25) is 0 Å². The average molecular weight is 394 g/mol. The van der Waals surface area contributed by atoms with E-state index in [9.17, 15) is 14.9 Å². The second-order valence-electron chi connectivity index (χ2n) is 6.93. The smallest absolute Gasteiger partial charge is 0.293 e. The Hall–Kier alpha value is -3.39. The molecule has 0 saturated carbocycles. The third kappa shape index (κ3) is 4.07. The molecule has 1 aliphatic heterocycles. The first-order valence-electron chi connectivity index (χ1n) is 9.58. The number of anilines is 1. The summed E-state index contributed by atoms with van der Waals surface area (Å²) in [5.41, 5.74) is 2.93. The van der Waals surface area contributed by atoms with Gasteiger partial charge in [0.05, 0.1) is 18.1 Å². The summed E-state index contributed by atoms with van der Waals surface area (Å²) >= 11 is 0. The number of amides is 1. The lowest BCUT2D eigenvalue weighted by Gasteiger charge is -2.28. The first-order chi connectivity index (χ1) is 14.1. The van der Waals surface area contributed by atoms with E-state index in [-0.39, 0.29) is 17.2 Å². The summed E-state index contributed by atoms with van der Waals surface area (Å²) in [4.78, 5) is 28.8. The van der Waals surface area contributed by atoms with Crippen molar-refractivity contribution in [1.82, 2.24) is 10.3 Å². The van der Waals surface area contributed by atoms with Crippen molar-refractivity contribution in [2.45, 2.75) is 6.42 Å². The first-order valence-corrected chi connectivity index (χ1v) is 9.58. The molecule has 8 heteroatoms. The highest BCUT2D eigenvalue weighted by atomic mass is 16.6. The van der Waals surface area contributed by atoms with Crippen molar-refractivity contribution in [2.75, 3.05) is 37.7 Å². The quantitative estimate of drug-likeness (QED) is 0.495. The van der Waals surface area contributed by atoms with Crippen LogP contribution < -0.4 is 10.2 Å². The first kappa shape index (κ1) is 18.9. The Morgan fingerprint density at radius 2 is 2.00 bits per heavy atom. The Kier molecular flexibility index (Phi) is 5.44. The Morgan fingerprint density at radius 1 is 1.21 bits per heavy atom. The number of hydrogen-bond acceptors (Lipinski definition) is 5. The van der Waals surface area contributed by atoms with E-state index < -0.39 is 4.92 Å². The molecule has 0 aliphatic carbocycles. The van der Waals surface area contributed by atoms with Crippen LogP contribution in [-0.2, 0) is 11.2 Å². The van der Waals surface area contributed by atoms with E-state index in [1.807, 2.05) is 35.4 Å². The molecule has 1 amide bonds. The topological polar surface area (TPSA) is 100 Å². The van der Waals surface area contributed by atoms with Gasteiger partial charge in [-0.15, -0.1) is 0 Å². The molecule has 29 heavy (non-hydrogen) atoms. The number of para-hydroxylation sites is 1. The van der Waals surface area contributed by atoms with Gasteiger partial charge < -0.3 is 19.9 Å². The molecule has 3 aromatic rings. The number of nitrogens with zero attached hydrogens (tertiary/aromatic N) is 2. The highest BCUT2D eigenvalue weighted by molar-refractivity contribution is 5.95. The minimum absolute atomic E-state index is 0.0591. The number of carbonyl (C=O) groups is 1. The van der Waals surface area contributed by atoms with Crippen molar-refractivity contribution in [3.05, 3.63) is 69.9 Å². The predicted molar refractivity (Wildman–Crippen MR) is 110 cm³/mol. The monoisotopic (exact) mass is 394 g/mol. The number of H-pyrrole nitrogens is 1. The zero-order chi connectivity index (χ0) is 20.2. The van der Waals surface area contributed by atoms with E-state index in [4.69, 9.17) is 4.74 Å². The van der Waals surface area contributed by atoms with Gasteiger partial charge in [0.25, 0.3) is 11.6 Å². The fourth-order valence-electron chi connectivity index (χ4n) is 3.63. The molecule has 2 N–H and O–H groups in total. The predicted octanol–water partition coefficient (Wildman–Crippen LogP) is 2.89. The number of rotatable bonds is 6. The second-order valence-corrected chi connectivity index (χ2v) is 6.93. The summed E-state index contributed by atoms with van der Waals surface area (Å²) in [5.74, 6) is -0.318. The highest BCUT2D eigenvalue weighted by Gasteiger charge is 2.23. The maximum atomic E-state index is 12.5. The van der Waals surface area contributed by atoms with Crippen molar-refractivity contribution in [3.8, 4) is 0 Å². The number of aromatic nitrogens is 1. The summed E-state index contributed by atoms with van der Waals surface area (Å²) in [6.45, 7) is 2.70. The van der Waals surface area contributed by atoms with Crippen LogP contribution in [0.3, 0.4) is 0 Å². The summed E-state index contributed by atoms with van der Waals surface area (Å²) in [7, 11) is 0. The molecule has 4 rings (SSSR count). The number of ether oxygens (including phenoxy) is 1. The summed E-state index contributed by atoms with van der Waals surface area (Å²) < 4.78 is 5.31. The van der Waals surface area contributed by atoms with Crippen molar-refractivity contribution in [3.63, 3.8) is 0 Å². The molecule has 2 aromatic carbocycles. The van der Waals surface area contributed by atoms with Crippen LogP contribution in [0.2, 0.25) is 0 Å². The van der Waals surface area contributed by atoms with Crippen LogP contribution in [0.15, 0.2) is 48.7 Å². The number of carbonyl (C=O) groups excluding carboxylic acids is 1. The Balaban J connectivity index is 1.44. The van der Waals surface area contributed by atoms with Crippen LogP contribution in [0, 0.1) is 10.1 Å². The number of hydrogen-bond donors (Lipinski definition) is 2. The van der Waals surface area contributed by atoms with Gasteiger partial charge in [-0.2, -0.15) is 0 Å². The Morgan fingerprint density at radius 3 is 2.79 bits per heavy atom. The fraction of sp³-hybridized carbons (Fsp3) is 0.286. The molecule has 0 unspecified atom stereocenters. The lowest BCUT2D eigenvalue weighted by atomic mass is 10.1. The summed E-state index contributed by atoms with van der Waals surface area (Å²) in [6, 6.07) is 12.6. The van der Waals surface area contributed by atoms with Gasteiger partial charge in [-0.3, -0.25) is 14.9 Å². The molecule has 1 fully saturated rings. The largest absolute Gasteiger partial charge is 0.378 e. The summed E-state index contributed by atoms with van der Waals surface area (Å²) in [5, 5.41) is 15.5. The van der Waals surface area contributed by atoms with Crippen LogP contribution in [0.1, 0.15) is 15.9 Å². The van der Waals surface area contributed by atoms with Crippen molar-refractivity contribution in [2.24, 2.45) is 0 Å². The number of nitro groups is 1. The molecular formula is C21H22N4O4. The number of fused-ring (bicyclic) bond motifs is 1. The van der Waals surface area contributed by atoms with E-state index in [2.05, 4.69) is 10.3 Å². The third-order valence-corrected chi connectivity index (χ3v) is 5.14. The number of benzene rings is 2. The molecule has 150 valence electrons. The molecule has 0 spiro atoms. The minimum Gasteiger partial charge on any atom is -0.378 e. The van der Waals surface area contributed by atoms with Crippen molar-refractivity contribution >= 4 is 28.2 Å². The molecule has 1 saturated heterocycles. The zero-order valence-electron chi connectivity index (χ0n) is 15.9. The van der Waals surface area contributed by atoms with Crippen LogP contribution in [0.25, 0.3) is 10.9 Å². The third-order valence-electron chi connectivity index (χ3n) is 5.14. The molecule has 1 aliphatic rings. The highest BCUT2D eigenvalue weighted by Crippen LogP contribution is 2.30. The van der Waals surface area contributed by atoms with Crippen LogP contribution in [-0.4, -0.2) is 48.7 Å². The summed E-state index contributed by atoms with van der Waals surface area (Å²) in [6.07, 6.45) is 2.61. The number of nitrogens with one attached hydrogen (secondary N) is 2. The maximum Gasteiger partial charge on any atom is 0.293 e. The Bertz CT molecular complexity index is 1040. The Labute approximate surface area is 167 Å². The van der Waals surface area contributed by atoms with Crippen LogP contribution >= 0.6 is 0 Å². The average Bonchev–Trinajstić information content (AvgIpc) is 3.17. The van der Waals surface area contributed by atoms with Crippen LogP contribution in [0.5, 0.6) is 0 Å². The lowest BCUT2D eigenvalue weighted by Crippen LogP contribution is -2.36. The minimum atomic E-state index is -0.437. The lowest BCUT2D eigenvalue weighted by molar-refractivity contribution is -0.384. The van der Waals surface area contributed by atoms with Crippen LogP contribution in [0.4, 0.5) is 11.4 Å². The number of morpholine rings is 1. The van der Waals surface area contributed by atoms with E-state index >= 15 is 0 Å². The van der Waals surface area contributed by atoms with E-state index in [0.717, 1.165) is 16.5 Å². The molecular weight excluding hydrogens is 372 g/mol. The number of aromatic amines is 1. The van der Waals surface area contributed by atoms with E-state index in [1.165, 1.54) is 6.07 Å². The molecule has 8 nitrogen and oxygen atoms in total. The van der Waals surface area contributed by atoms with Gasteiger partial charge in [-0.1, -0.05) is 18.2 Å². The molecule has 0 bridgehead atoms. The van der Waals surface area contributed by atoms with Gasteiger partial charge in [0, 0.05) is 48.4 Å². The van der Waals surface area contributed by atoms with Gasteiger partial charge in [0.1, 0.15) is 5.69 Å². The molecule has 0 atom stereocenters. The van der Waals surface area contributed by atoms with Gasteiger partial charge in [-0.25, -0.2) is 0 Å². The zero-order valence-corrected chi connectivity index (χ0v) is 15.9. The van der Waals surface area contributed by atoms with Gasteiger partial charge in [0.15, 0.2) is 0 Å². The standard InChI is InChI=1S/C21H22N4O4/c26-21(22-8-7-16-14-23-18-4-2-1-3-17(16)18)15-5-6-19(20(13-15)25(27)28)24-9-11-29-12-10-24/h1-6,13-14,23H,7-12H2,(H,22,26). The van der Waals surface area contributed by atoms with Crippen molar-refractivity contribution < 1.29 is 14.5 Å². The van der Waals surface area contributed by atoms with Gasteiger partial charge in [-0.05, 0) is 30.2 Å². The maximum absolute atomic E-state index is 12.5. The van der Waals surface area contributed by atoms with Crippen molar-refractivity contribution in [1.29, 1.82) is 0 Å². The normalized spacial score (nSPS) is 14.1. The van der Waals surface area contributed by atoms with E-state index in [1.54, 1.807) is 12.1 Å². The second kappa shape index (κ2) is 8.32. The van der Waals surface area contributed by atoms with E-state index in [0.29, 0.717) is 45.0 Å². The van der Waals surface area contributed by atoms with Gasteiger partial charge >= 0.3 is 0 Å². The molecule has 0 radical (unpaired) electrons. The molecule has 2 heterocycles. The fourth-order valence-corrected chi connectivity index (χ4v) is 3.63. The molecule has 1 aromatic heterocycles.